The number of carbonyl (C=O) groups is 3. The van der Waals surface area contributed by atoms with Gasteiger partial charge in [0, 0.05) is 33.9 Å². The standard InChI is InChI=1S/C29H36FN7O5/c1-17-10-13-20(32-27(39)22(42-29(41)36(4)5)8-6-7-9-24(38)35(2)3)28(40)37(17)16-23-33-25-19(30)15-31-21(26(25)34-23)14-18-11-12-18/h7,9-10,13,15,18,22H,6,8,11-12,14,16H2,1-5H3,(H,32,39)(H,33,34)/b9-7+. The van der Waals surface area contributed by atoms with E-state index in [1.54, 1.807) is 33.2 Å². The molecule has 2 N–H and O–H groups in total. The Kier molecular flexibility index (Phi) is 9.38. The molecule has 1 unspecified atom stereocenters. The zero-order chi connectivity index (χ0) is 30.6. The summed E-state index contributed by atoms with van der Waals surface area (Å²) in [6.45, 7) is 1.74. The molecule has 3 heterocycles. The van der Waals surface area contributed by atoms with Crippen molar-refractivity contribution in [3.8, 4) is 0 Å². The summed E-state index contributed by atoms with van der Waals surface area (Å²) in [5.74, 6) is -0.535. The predicted octanol–water partition coefficient (Wildman–Crippen LogP) is 3.00. The van der Waals surface area contributed by atoms with E-state index in [1.807, 2.05) is 0 Å². The van der Waals surface area contributed by atoms with Crippen molar-refractivity contribution in [1.82, 2.24) is 29.3 Å². The molecule has 224 valence electrons. The molecular weight excluding hydrogens is 545 g/mol. The molecule has 1 aliphatic rings. The molecule has 1 fully saturated rings. The first-order valence-electron chi connectivity index (χ1n) is 13.7. The normalized spacial score (nSPS) is 13.8. The second-order valence-corrected chi connectivity index (χ2v) is 10.9. The maximum absolute atomic E-state index is 14.5. The molecule has 0 spiro atoms. The monoisotopic (exact) mass is 581 g/mol. The van der Waals surface area contributed by atoms with Crippen LogP contribution in [-0.2, 0) is 27.3 Å². The number of ether oxygens (including phenoxy) is 1. The van der Waals surface area contributed by atoms with E-state index in [0.717, 1.165) is 25.0 Å². The Hall–Kier alpha value is -4.55. The molecule has 1 aliphatic carbocycles. The van der Waals surface area contributed by atoms with Crippen LogP contribution in [0.4, 0.5) is 14.9 Å². The molecule has 3 amide bonds. The number of anilines is 1. The van der Waals surface area contributed by atoms with Crippen molar-refractivity contribution in [3.05, 3.63) is 63.9 Å². The largest absolute Gasteiger partial charge is 0.436 e. The molecule has 0 bridgehead atoms. The molecule has 0 aliphatic heterocycles. The molecule has 3 aromatic heterocycles. The first-order valence-corrected chi connectivity index (χ1v) is 13.7. The van der Waals surface area contributed by atoms with Gasteiger partial charge < -0.3 is 29.4 Å². The van der Waals surface area contributed by atoms with Gasteiger partial charge in [0.05, 0.1) is 24.0 Å². The molecule has 1 saturated carbocycles. The fourth-order valence-corrected chi connectivity index (χ4v) is 4.27. The summed E-state index contributed by atoms with van der Waals surface area (Å²) in [6, 6.07) is 3.14. The van der Waals surface area contributed by atoms with E-state index in [0.29, 0.717) is 23.0 Å². The maximum Gasteiger partial charge on any atom is 0.410 e. The van der Waals surface area contributed by atoms with Crippen molar-refractivity contribution in [2.75, 3.05) is 33.5 Å². The molecule has 42 heavy (non-hydrogen) atoms. The molecule has 0 aromatic carbocycles. The number of aryl methyl sites for hydroxylation is 1. The molecular formula is C29H36FN7O5. The number of aromatic nitrogens is 4. The van der Waals surface area contributed by atoms with Gasteiger partial charge in [-0.1, -0.05) is 6.08 Å². The lowest BCUT2D eigenvalue weighted by molar-refractivity contribution is -0.125. The highest BCUT2D eigenvalue weighted by Gasteiger charge is 2.26. The topological polar surface area (TPSA) is 143 Å². The van der Waals surface area contributed by atoms with Crippen molar-refractivity contribution < 1.29 is 23.5 Å². The van der Waals surface area contributed by atoms with Gasteiger partial charge in [-0.25, -0.2) is 14.2 Å². The Labute approximate surface area is 242 Å². The van der Waals surface area contributed by atoms with Crippen LogP contribution in [0, 0.1) is 18.7 Å². The highest BCUT2D eigenvalue weighted by atomic mass is 19.1. The first-order chi connectivity index (χ1) is 19.9. The van der Waals surface area contributed by atoms with Crippen LogP contribution in [0.15, 0.2) is 35.3 Å². The third kappa shape index (κ3) is 7.39. The zero-order valence-electron chi connectivity index (χ0n) is 24.4. The second kappa shape index (κ2) is 13.0. The Balaban J connectivity index is 1.53. The minimum absolute atomic E-state index is 0.00904. The van der Waals surface area contributed by atoms with Crippen molar-refractivity contribution >= 4 is 34.6 Å². The number of H-pyrrole nitrogens is 1. The van der Waals surface area contributed by atoms with Crippen molar-refractivity contribution in [2.45, 2.75) is 51.7 Å². The van der Waals surface area contributed by atoms with Crippen molar-refractivity contribution in [2.24, 2.45) is 5.92 Å². The number of pyridine rings is 2. The fourth-order valence-electron chi connectivity index (χ4n) is 4.27. The Morgan fingerprint density at radius 3 is 2.62 bits per heavy atom. The average Bonchev–Trinajstić information content (AvgIpc) is 3.66. The maximum atomic E-state index is 14.5. The van der Waals surface area contributed by atoms with Gasteiger partial charge in [0.1, 0.15) is 17.0 Å². The van der Waals surface area contributed by atoms with E-state index in [9.17, 15) is 23.6 Å². The third-order valence-electron chi connectivity index (χ3n) is 6.94. The molecule has 3 aromatic rings. The van der Waals surface area contributed by atoms with E-state index < -0.39 is 29.5 Å². The number of allylic oxidation sites excluding steroid dienone is 1. The lowest BCUT2D eigenvalue weighted by atomic mass is 10.1. The fraction of sp³-hybridized carbons (Fsp3) is 0.448. The lowest BCUT2D eigenvalue weighted by Gasteiger charge is -2.20. The summed E-state index contributed by atoms with van der Waals surface area (Å²) < 4.78 is 21.3. The predicted molar refractivity (Wildman–Crippen MR) is 154 cm³/mol. The summed E-state index contributed by atoms with van der Waals surface area (Å²) in [5.41, 5.74) is 1.53. The van der Waals surface area contributed by atoms with Gasteiger partial charge >= 0.3 is 6.09 Å². The number of imidazole rings is 1. The van der Waals surface area contributed by atoms with Crippen LogP contribution in [0.5, 0.6) is 0 Å². The Morgan fingerprint density at radius 2 is 1.95 bits per heavy atom. The van der Waals surface area contributed by atoms with Crippen LogP contribution in [0.25, 0.3) is 11.0 Å². The number of hydrogen-bond donors (Lipinski definition) is 2. The number of fused-ring (bicyclic) bond motifs is 1. The van der Waals surface area contributed by atoms with Crippen molar-refractivity contribution in [3.63, 3.8) is 0 Å². The Bertz CT molecular complexity index is 1570. The number of amides is 3. The molecule has 1 atom stereocenters. The number of hydrogen-bond acceptors (Lipinski definition) is 7. The number of nitrogens with zero attached hydrogens (tertiary/aromatic N) is 5. The van der Waals surface area contributed by atoms with Crippen LogP contribution in [-0.4, -0.2) is 81.5 Å². The van der Waals surface area contributed by atoms with Gasteiger partial charge in [-0.15, -0.1) is 0 Å². The number of carbonyl (C=O) groups excluding carboxylic acids is 3. The van der Waals surface area contributed by atoms with E-state index in [-0.39, 0.29) is 36.5 Å². The lowest BCUT2D eigenvalue weighted by Crippen LogP contribution is -2.38. The molecule has 0 radical (unpaired) electrons. The third-order valence-corrected chi connectivity index (χ3v) is 6.94. The van der Waals surface area contributed by atoms with E-state index >= 15 is 0 Å². The SMILES string of the molecule is Cc1ccc(NC(=O)C(CC/C=C/C(=O)N(C)C)OC(=O)N(C)C)c(=O)n1Cc1nc2c(F)cnc(CC3CC3)c2[nH]1. The van der Waals surface area contributed by atoms with Gasteiger partial charge in [0.15, 0.2) is 11.9 Å². The number of likely N-dealkylation sites (N-methyl/N-ethyl adjacent to an activating group) is 1. The van der Waals surface area contributed by atoms with Crippen molar-refractivity contribution in [1.29, 1.82) is 0 Å². The van der Waals surface area contributed by atoms with Crippen LogP contribution >= 0.6 is 0 Å². The van der Waals surface area contributed by atoms with E-state index in [2.05, 4.69) is 20.3 Å². The smallest absolute Gasteiger partial charge is 0.410 e. The highest BCUT2D eigenvalue weighted by molar-refractivity contribution is 5.95. The first kappa shape index (κ1) is 30.4. The van der Waals surface area contributed by atoms with Crippen LogP contribution in [0.3, 0.4) is 0 Å². The summed E-state index contributed by atoms with van der Waals surface area (Å²) >= 11 is 0. The second-order valence-electron chi connectivity index (χ2n) is 10.9. The molecule has 4 rings (SSSR count). The summed E-state index contributed by atoms with van der Waals surface area (Å²) in [7, 11) is 6.21. The van der Waals surface area contributed by atoms with Gasteiger partial charge in [-0.05, 0) is 63.2 Å². The summed E-state index contributed by atoms with van der Waals surface area (Å²) in [6.07, 6.45) is 5.53. The minimum atomic E-state index is -1.22. The summed E-state index contributed by atoms with van der Waals surface area (Å²) in [5, 5.41) is 2.58. The minimum Gasteiger partial charge on any atom is -0.436 e. The van der Waals surface area contributed by atoms with Gasteiger partial charge in [0.2, 0.25) is 5.91 Å². The Morgan fingerprint density at radius 1 is 1.21 bits per heavy atom. The summed E-state index contributed by atoms with van der Waals surface area (Å²) in [4.78, 5) is 65.0. The number of halogens is 1. The van der Waals surface area contributed by atoms with Crippen LogP contribution in [0.1, 0.15) is 42.9 Å². The van der Waals surface area contributed by atoms with Gasteiger partial charge in [-0.3, -0.25) is 19.4 Å². The highest BCUT2D eigenvalue weighted by Crippen LogP contribution is 2.33. The van der Waals surface area contributed by atoms with Crippen LogP contribution < -0.4 is 10.9 Å². The molecule has 0 saturated heterocycles. The molecule has 12 nitrogen and oxygen atoms in total. The number of aromatic amines is 1. The zero-order valence-corrected chi connectivity index (χ0v) is 24.4. The molecule has 13 heteroatoms. The van der Waals surface area contributed by atoms with E-state index in [4.69, 9.17) is 4.74 Å². The van der Waals surface area contributed by atoms with Crippen LogP contribution in [0.2, 0.25) is 0 Å². The number of nitrogens with one attached hydrogen (secondary N) is 2. The van der Waals surface area contributed by atoms with Gasteiger partial charge in [0.25, 0.3) is 11.5 Å². The quantitative estimate of drug-likeness (QED) is 0.332. The van der Waals surface area contributed by atoms with Gasteiger partial charge in [-0.2, -0.15) is 0 Å². The van der Waals surface area contributed by atoms with E-state index in [1.165, 1.54) is 46.8 Å². The average molecular weight is 582 g/mol. The number of rotatable bonds is 11.